The lowest BCUT2D eigenvalue weighted by molar-refractivity contribution is 0.284. The van der Waals surface area contributed by atoms with E-state index < -0.39 is 0 Å². The zero-order valence-corrected chi connectivity index (χ0v) is 12.1. The zero-order valence-electron chi connectivity index (χ0n) is 12.1. The van der Waals surface area contributed by atoms with Gasteiger partial charge in [0.05, 0.1) is 5.41 Å². The smallest absolute Gasteiger partial charge is 0.141 e. The van der Waals surface area contributed by atoms with Crippen LogP contribution in [0.2, 0.25) is 0 Å². The topological polar surface area (TPSA) is 51.8 Å². The Morgan fingerprint density at radius 3 is 2.35 bits per heavy atom. The first-order valence-corrected chi connectivity index (χ1v) is 7.32. The summed E-state index contributed by atoms with van der Waals surface area (Å²) in [6.07, 6.45) is 3.44. The predicted molar refractivity (Wildman–Crippen MR) is 81.6 cm³/mol. The van der Waals surface area contributed by atoms with Gasteiger partial charge in [0.15, 0.2) is 0 Å². The van der Waals surface area contributed by atoms with E-state index in [0.29, 0.717) is 11.7 Å². The number of hydrogen-bond acceptors (Lipinski definition) is 3. The predicted octanol–water partition coefficient (Wildman–Crippen LogP) is 3.65. The first kappa shape index (κ1) is 13.1. The Kier molecular flexibility index (Phi) is 3.20. The second-order valence-corrected chi connectivity index (χ2v) is 6.00. The first-order valence-electron chi connectivity index (χ1n) is 7.32. The quantitative estimate of drug-likeness (QED) is 0.923. The van der Waals surface area contributed by atoms with Gasteiger partial charge in [-0.15, -0.1) is 0 Å². The Bertz CT molecular complexity index is 601. The number of nitrogens with two attached hydrogens (primary N) is 1. The molecule has 1 aliphatic rings. The van der Waals surface area contributed by atoms with Crippen molar-refractivity contribution in [2.45, 2.75) is 44.4 Å². The highest BCUT2D eigenvalue weighted by molar-refractivity contribution is 5.40. The van der Waals surface area contributed by atoms with Crippen molar-refractivity contribution in [3.05, 3.63) is 53.5 Å². The molecule has 0 amide bonds. The van der Waals surface area contributed by atoms with Crippen LogP contribution in [0.3, 0.4) is 0 Å². The van der Waals surface area contributed by atoms with Gasteiger partial charge in [0, 0.05) is 11.8 Å². The molecule has 1 aromatic heterocycles. The lowest BCUT2D eigenvalue weighted by atomic mass is 9.64. The molecule has 0 unspecified atom stereocenters. The highest BCUT2D eigenvalue weighted by Gasteiger charge is 2.43. The lowest BCUT2D eigenvalue weighted by Crippen LogP contribution is -2.37. The maximum Gasteiger partial charge on any atom is 0.141 e. The summed E-state index contributed by atoms with van der Waals surface area (Å²) in [5, 5.41) is 0. The average Bonchev–Trinajstić information content (AvgIpc) is 2.38. The monoisotopic (exact) mass is 267 g/mol. The third-order valence-corrected chi connectivity index (χ3v) is 4.32. The van der Waals surface area contributed by atoms with E-state index in [1.807, 2.05) is 6.07 Å². The number of hydrogen-bond donors (Lipinski definition) is 1. The fourth-order valence-electron chi connectivity index (χ4n) is 2.92. The van der Waals surface area contributed by atoms with E-state index in [-0.39, 0.29) is 5.41 Å². The van der Waals surface area contributed by atoms with E-state index >= 15 is 0 Å². The summed E-state index contributed by atoms with van der Waals surface area (Å²) in [7, 11) is 0. The van der Waals surface area contributed by atoms with Gasteiger partial charge in [0.2, 0.25) is 0 Å². The van der Waals surface area contributed by atoms with Gasteiger partial charge in [0.25, 0.3) is 0 Å². The molecule has 3 heteroatoms. The van der Waals surface area contributed by atoms with Gasteiger partial charge in [-0.05, 0) is 24.3 Å². The van der Waals surface area contributed by atoms with Crippen molar-refractivity contribution in [1.82, 2.24) is 9.97 Å². The summed E-state index contributed by atoms with van der Waals surface area (Å²) in [4.78, 5) is 9.37. The van der Waals surface area contributed by atoms with Crippen molar-refractivity contribution >= 4 is 5.82 Å². The third-order valence-electron chi connectivity index (χ3n) is 4.32. The minimum absolute atomic E-state index is 0.0275. The summed E-state index contributed by atoms with van der Waals surface area (Å²) in [6.45, 7) is 4.28. The molecule has 0 spiro atoms. The van der Waals surface area contributed by atoms with E-state index in [1.165, 1.54) is 12.0 Å². The number of rotatable bonds is 3. The fourth-order valence-corrected chi connectivity index (χ4v) is 2.92. The van der Waals surface area contributed by atoms with E-state index in [0.717, 1.165) is 24.4 Å². The van der Waals surface area contributed by atoms with Crippen LogP contribution in [0.25, 0.3) is 0 Å². The normalized spacial score (nSPS) is 16.9. The molecule has 0 bridgehead atoms. The van der Waals surface area contributed by atoms with Crippen LogP contribution in [0.15, 0.2) is 36.4 Å². The molecule has 0 saturated heterocycles. The summed E-state index contributed by atoms with van der Waals surface area (Å²) in [6, 6.07) is 12.5. The number of aromatic nitrogens is 2. The van der Waals surface area contributed by atoms with Gasteiger partial charge in [-0.25, -0.2) is 9.97 Å². The lowest BCUT2D eigenvalue weighted by Gasteiger charge is -2.41. The molecule has 1 fully saturated rings. The molecule has 1 saturated carbocycles. The molecule has 0 radical (unpaired) electrons. The summed E-state index contributed by atoms with van der Waals surface area (Å²) in [5.74, 6) is 1.85. The Morgan fingerprint density at radius 1 is 1.10 bits per heavy atom. The van der Waals surface area contributed by atoms with Crippen LogP contribution in [0.4, 0.5) is 5.82 Å². The molecular weight excluding hydrogens is 246 g/mol. The van der Waals surface area contributed by atoms with Crippen LogP contribution in [-0.2, 0) is 5.41 Å². The van der Waals surface area contributed by atoms with Crippen LogP contribution < -0.4 is 5.73 Å². The van der Waals surface area contributed by atoms with Gasteiger partial charge in [-0.2, -0.15) is 0 Å². The molecule has 3 nitrogen and oxygen atoms in total. The molecule has 3 rings (SSSR count). The van der Waals surface area contributed by atoms with Crippen molar-refractivity contribution in [2.75, 3.05) is 5.73 Å². The minimum Gasteiger partial charge on any atom is -0.384 e. The molecule has 1 aromatic carbocycles. The van der Waals surface area contributed by atoms with Crippen molar-refractivity contribution < 1.29 is 0 Å². The Balaban J connectivity index is 2.10. The highest BCUT2D eigenvalue weighted by atomic mass is 15.0. The summed E-state index contributed by atoms with van der Waals surface area (Å²) < 4.78 is 0. The Morgan fingerprint density at radius 2 is 1.80 bits per heavy atom. The molecule has 0 aliphatic heterocycles. The van der Waals surface area contributed by atoms with Crippen LogP contribution in [0.1, 0.15) is 56.1 Å². The van der Waals surface area contributed by atoms with Crippen LogP contribution in [-0.4, -0.2) is 9.97 Å². The molecule has 2 aromatic rings. The highest BCUT2D eigenvalue weighted by Crippen LogP contribution is 2.47. The van der Waals surface area contributed by atoms with E-state index in [1.54, 1.807) is 0 Å². The molecule has 104 valence electrons. The molecule has 0 atom stereocenters. The largest absolute Gasteiger partial charge is 0.384 e. The molecule has 20 heavy (non-hydrogen) atoms. The van der Waals surface area contributed by atoms with Crippen LogP contribution in [0, 0.1) is 0 Å². The van der Waals surface area contributed by atoms with Crippen molar-refractivity contribution in [3.8, 4) is 0 Å². The van der Waals surface area contributed by atoms with Crippen LogP contribution >= 0.6 is 0 Å². The van der Waals surface area contributed by atoms with E-state index in [2.05, 4.69) is 49.2 Å². The summed E-state index contributed by atoms with van der Waals surface area (Å²) in [5.41, 5.74) is 8.32. The maximum absolute atomic E-state index is 6.00. The van der Waals surface area contributed by atoms with Crippen molar-refractivity contribution in [1.29, 1.82) is 0 Å². The number of benzene rings is 1. The Hall–Kier alpha value is -1.90. The van der Waals surface area contributed by atoms with Gasteiger partial charge in [-0.3, -0.25) is 0 Å². The number of nitrogens with zero attached hydrogens (tertiary/aromatic N) is 2. The average molecular weight is 267 g/mol. The van der Waals surface area contributed by atoms with Gasteiger partial charge in [-0.1, -0.05) is 50.6 Å². The zero-order chi connectivity index (χ0) is 14.2. The minimum atomic E-state index is -0.0275. The van der Waals surface area contributed by atoms with Gasteiger partial charge < -0.3 is 5.73 Å². The second kappa shape index (κ2) is 4.89. The fraction of sp³-hybridized carbons (Fsp3) is 0.412. The first-order chi connectivity index (χ1) is 9.62. The maximum atomic E-state index is 6.00. The molecule has 1 aliphatic carbocycles. The number of nitrogen functional groups attached to an aromatic ring is 1. The van der Waals surface area contributed by atoms with E-state index in [9.17, 15) is 0 Å². The van der Waals surface area contributed by atoms with Gasteiger partial charge >= 0.3 is 0 Å². The molecule has 2 N–H and O–H groups in total. The van der Waals surface area contributed by atoms with Crippen LogP contribution in [0.5, 0.6) is 0 Å². The Labute approximate surface area is 120 Å². The van der Waals surface area contributed by atoms with Crippen molar-refractivity contribution in [3.63, 3.8) is 0 Å². The standard InChI is InChI=1S/C17H21N3/c1-12(2)14-11-15(18)20-16(19-14)17(9-6-10-17)13-7-4-3-5-8-13/h3-5,7-8,11-12H,6,9-10H2,1-2H3,(H2,18,19,20). The SMILES string of the molecule is CC(C)c1cc(N)nc(C2(c3ccccc3)CCC2)n1. The van der Waals surface area contributed by atoms with Crippen molar-refractivity contribution in [2.24, 2.45) is 0 Å². The summed E-state index contributed by atoms with van der Waals surface area (Å²) >= 11 is 0. The molecular formula is C17H21N3. The van der Waals surface area contributed by atoms with Gasteiger partial charge in [0.1, 0.15) is 11.6 Å². The second-order valence-electron chi connectivity index (χ2n) is 6.00. The number of anilines is 1. The molecule has 1 heterocycles. The van der Waals surface area contributed by atoms with E-state index in [4.69, 9.17) is 10.7 Å². The third kappa shape index (κ3) is 2.07.